The van der Waals surface area contributed by atoms with Crippen molar-refractivity contribution >= 4 is 45.2 Å². The normalized spacial score (nSPS) is 23.7. The van der Waals surface area contributed by atoms with E-state index in [1.807, 2.05) is 12.1 Å². The summed E-state index contributed by atoms with van der Waals surface area (Å²) in [6, 6.07) is 8.87. The van der Waals surface area contributed by atoms with E-state index in [-0.39, 0.29) is 48.0 Å². The molecule has 1 unspecified atom stereocenters. The van der Waals surface area contributed by atoms with Crippen molar-refractivity contribution < 1.29 is 31.8 Å². The Morgan fingerprint density at radius 1 is 1.14 bits per heavy atom. The van der Waals surface area contributed by atoms with Crippen molar-refractivity contribution in [2.24, 2.45) is 0 Å². The van der Waals surface area contributed by atoms with E-state index < -0.39 is 47.7 Å². The van der Waals surface area contributed by atoms with E-state index in [2.05, 4.69) is 19.9 Å². The zero-order chi connectivity index (χ0) is 34.9. The number of fused-ring (bicyclic) bond motifs is 3. The number of halogens is 5. The second kappa shape index (κ2) is 12.1. The quantitative estimate of drug-likeness (QED) is 0.194. The average Bonchev–Trinajstić information content (AvgIpc) is 3.67. The molecule has 0 spiro atoms. The molecule has 5 heterocycles. The number of alkyl halides is 3. The number of ether oxygens (including phenoxy) is 2. The first-order valence-electron chi connectivity index (χ1n) is 16.3. The van der Waals surface area contributed by atoms with E-state index in [9.17, 15) is 9.18 Å². The number of benzene rings is 2. The maximum atomic E-state index is 16.8. The SMILES string of the molecule is CN(c1nc(OCC23CCCN2C[C@H](F)C3)nc2c(F)c(-c3cccc4cccc(Cl)c34)ncc12)[C@@H]1CN(C(=O)OC(C)(C)C)CC1(F)F. The van der Waals surface area contributed by atoms with Crippen molar-refractivity contribution in [2.75, 3.05) is 44.7 Å². The number of likely N-dealkylation sites (N-methyl/N-ethyl adjacent to an activating group) is 1. The highest BCUT2D eigenvalue weighted by atomic mass is 35.5. The predicted octanol–water partition coefficient (Wildman–Crippen LogP) is 7.28. The minimum atomic E-state index is -3.38. The van der Waals surface area contributed by atoms with Gasteiger partial charge in [0, 0.05) is 42.2 Å². The van der Waals surface area contributed by atoms with E-state index in [0.29, 0.717) is 28.9 Å². The zero-order valence-corrected chi connectivity index (χ0v) is 28.4. The van der Waals surface area contributed by atoms with Crippen LogP contribution in [-0.4, -0.2) is 100.0 Å². The fourth-order valence-corrected chi connectivity index (χ4v) is 7.75. The Morgan fingerprint density at radius 2 is 1.90 bits per heavy atom. The highest BCUT2D eigenvalue weighted by Crippen LogP contribution is 2.42. The smallest absolute Gasteiger partial charge is 0.410 e. The molecule has 2 aromatic carbocycles. The number of carbonyl (C=O) groups excluding carboxylic acids is 1. The standard InChI is InChI=1S/C35H37ClF4N6O3/c1-33(2,3)49-32(47)45-17-25(35(39,40)18-45)44(4)30-23-15-41-28(22-10-5-8-20-9-6-11-24(36)26(20)22)27(38)29(23)42-31(43-30)48-19-34-12-7-13-46(34)16-21(37)14-34/h5-6,8-11,15,21,25H,7,12-14,16-19H2,1-4H3/t21-,25-,34?/m1/s1. The van der Waals surface area contributed by atoms with Gasteiger partial charge in [0.1, 0.15) is 41.4 Å². The predicted molar refractivity (Wildman–Crippen MR) is 179 cm³/mol. The summed E-state index contributed by atoms with van der Waals surface area (Å²) in [4.78, 5) is 30.4. The van der Waals surface area contributed by atoms with Gasteiger partial charge in [0.15, 0.2) is 5.82 Å². The van der Waals surface area contributed by atoms with E-state index in [4.69, 9.17) is 21.1 Å². The average molecular weight is 701 g/mol. The highest BCUT2D eigenvalue weighted by molar-refractivity contribution is 6.36. The van der Waals surface area contributed by atoms with Crippen molar-refractivity contribution in [1.82, 2.24) is 24.8 Å². The van der Waals surface area contributed by atoms with E-state index in [0.717, 1.165) is 23.3 Å². The summed E-state index contributed by atoms with van der Waals surface area (Å²) in [7, 11) is 1.40. The lowest BCUT2D eigenvalue weighted by atomic mass is 9.95. The van der Waals surface area contributed by atoms with Crippen LogP contribution < -0.4 is 9.64 Å². The van der Waals surface area contributed by atoms with Crippen LogP contribution in [0.15, 0.2) is 42.6 Å². The van der Waals surface area contributed by atoms with Gasteiger partial charge in [-0.3, -0.25) is 14.8 Å². The Morgan fingerprint density at radius 3 is 2.65 bits per heavy atom. The molecular formula is C35H37ClF4N6O3. The molecule has 0 N–H and O–H groups in total. The third-order valence-corrected chi connectivity index (χ3v) is 10.0. The molecule has 3 aliphatic heterocycles. The van der Waals surface area contributed by atoms with Crippen molar-refractivity contribution in [1.29, 1.82) is 0 Å². The maximum Gasteiger partial charge on any atom is 0.410 e. The molecule has 3 fully saturated rings. The number of aromatic nitrogens is 3. The number of hydrogen-bond acceptors (Lipinski definition) is 8. The number of amides is 1. The van der Waals surface area contributed by atoms with Crippen LogP contribution in [0, 0.1) is 5.82 Å². The molecule has 0 aliphatic carbocycles. The lowest BCUT2D eigenvalue weighted by Gasteiger charge is -2.32. The van der Waals surface area contributed by atoms with Crippen LogP contribution in [0.4, 0.5) is 28.2 Å². The Hall–Kier alpha value is -3.97. The topological polar surface area (TPSA) is 83.9 Å². The molecule has 14 heteroatoms. The monoisotopic (exact) mass is 700 g/mol. The minimum Gasteiger partial charge on any atom is -0.461 e. The molecule has 9 nitrogen and oxygen atoms in total. The number of nitrogens with zero attached hydrogens (tertiary/aromatic N) is 6. The molecule has 3 saturated heterocycles. The third kappa shape index (κ3) is 6.09. The van der Waals surface area contributed by atoms with E-state index >= 15 is 13.2 Å². The summed E-state index contributed by atoms with van der Waals surface area (Å²) < 4.78 is 74.1. The molecule has 2 aromatic heterocycles. The van der Waals surface area contributed by atoms with E-state index in [1.54, 1.807) is 45.0 Å². The van der Waals surface area contributed by atoms with Gasteiger partial charge in [-0.25, -0.2) is 22.4 Å². The zero-order valence-electron chi connectivity index (χ0n) is 27.7. The number of rotatable bonds is 6. The Balaban J connectivity index is 1.32. The minimum absolute atomic E-state index is 0.0385. The summed E-state index contributed by atoms with van der Waals surface area (Å²) >= 11 is 6.56. The van der Waals surface area contributed by atoms with Crippen LogP contribution >= 0.6 is 11.6 Å². The molecule has 0 radical (unpaired) electrons. The van der Waals surface area contributed by atoms with Gasteiger partial charge in [0.25, 0.3) is 5.92 Å². The lowest BCUT2D eigenvalue weighted by Crippen LogP contribution is -2.46. The molecule has 4 aromatic rings. The summed E-state index contributed by atoms with van der Waals surface area (Å²) in [6.07, 6.45) is 1.36. The van der Waals surface area contributed by atoms with Crippen molar-refractivity contribution in [3.63, 3.8) is 0 Å². The van der Waals surface area contributed by atoms with Crippen molar-refractivity contribution in [3.8, 4) is 17.3 Å². The van der Waals surface area contributed by atoms with Gasteiger partial charge < -0.3 is 14.4 Å². The van der Waals surface area contributed by atoms with Gasteiger partial charge >= 0.3 is 12.1 Å². The number of likely N-dealkylation sites (tertiary alicyclic amines) is 1. The van der Waals surface area contributed by atoms with Crippen LogP contribution in [-0.2, 0) is 4.74 Å². The molecule has 49 heavy (non-hydrogen) atoms. The summed E-state index contributed by atoms with van der Waals surface area (Å²) in [5.74, 6) is -4.25. The van der Waals surface area contributed by atoms with Crippen LogP contribution in [0.5, 0.6) is 6.01 Å². The molecule has 260 valence electrons. The molecular weight excluding hydrogens is 664 g/mol. The van der Waals surface area contributed by atoms with Crippen molar-refractivity contribution in [2.45, 2.75) is 69.3 Å². The van der Waals surface area contributed by atoms with Crippen LogP contribution in [0.25, 0.3) is 32.9 Å². The number of anilines is 1. The van der Waals surface area contributed by atoms with Gasteiger partial charge in [-0.15, -0.1) is 0 Å². The van der Waals surface area contributed by atoms with Gasteiger partial charge in [-0.1, -0.05) is 41.9 Å². The first-order chi connectivity index (χ1) is 23.2. The molecule has 0 bridgehead atoms. The van der Waals surface area contributed by atoms with Crippen molar-refractivity contribution in [3.05, 3.63) is 53.4 Å². The number of hydrogen-bond donors (Lipinski definition) is 0. The fourth-order valence-electron chi connectivity index (χ4n) is 7.47. The molecule has 1 amide bonds. The van der Waals surface area contributed by atoms with Gasteiger partial charge in [-0.05, 0) is 51.6 Å². The molecule has 0 saturated carbocycles. The highest BCUT2D eigenvalue weighted by Gasteiger charge is 2.53. The lowest BCUT2D eigenvalue weighted by molar-refractivity contribution is -0.0102. The van der Waals surface area contributed by atoms with Crippen LogP contribution in [0.1, 0.15) is 40.0 Å². The summed E-state index contributed by atoms with van der Waals surface area (Å²) in [5.41, 5.74) is -1.24. The van der Waals surface area contributed by atoms with Gasteiger partial charge in [-0.2, -0.15) is 9.97 Å². The third-order valence-electron chi connectivity index (χ3n) is 9.72. The Bertz CT molecular complexity index is 1940. The maximum absolute atomic E-state index is 16.8. The molecule has 3 atom stereocenters. The largest absolute Gasteiger partial charge is 0.461 e. The second-order valence-electron chi connectivity index (χ2n) is 14.3. The van der Waals surface area contributed by atoms with Gasteiger partial charge in [0.05, 0.1) is 24.0 Å². The van der Waals surface area contributed by atoms with E-state index in [1.165, 1.54) is 18.1 Å². The molecule has 7 rings (SSSR count). The second-order valence-corrected chi connectivity index (χ2v) is 14.7. The summed E-state index contributed by atoms with van der Waals surface area (Å²) in [6.45, 7) is 4.81. The fraction of sp³-hybridized carbons (Fsp3) is 0.486. The first kappa shape index (κ1) is 33.5. The van der Waals surface area contributed by atoms with Crippen LogP contribution in [0.3, 0.4) is 0 Å². The molecule has 3 aliphatic rings. The van der Waals surface area contributed by atoms with Crippen LogP contribution in [0.2, 0.25) is 5.02 Å². The Kier molecular flexibility index (Phi) is 8.29. The first-order valence-corrected chi connectivity index (χ1v) is 16.7. The van der Waals surface area contributed by atoms with Gasteiger partial charge in [0.2, 0.25) is 0 Å². The number of pyridine rings is 1. The summed E-state index contributed by atoms with van der Waals surface area (Å²) in [5, 5.41) is 1.84. The number of carbonyl (C=O) groups is 1. The Labute approximate surface area is 286 Å².